The maximum atomic E-state index is 14.7. The second-order valence-electron chi connectivity index (χ2n) is 29.3. The number of aromatic amines is 2. The van der Waals surface area contributed by atoms with Gasteiger partial charge in [0.1, 0.15) is 49.5 Å². The number of carboxylic acids is 3. The molecule has 114 heavy (non-hydrogen) atoms. The first-order valence-electron chi connectivity index (χ1n) is 37.7. The van der Waals surface area contributed by atoms with Crippen LogP contribution in [0.1, 0.15) is 96.5 Å². The molecule has 14 N–H and O–H groups in total. The molecule has 0 bridgehead atoms. The molecule has 1 saturated heterocycles. The van der Waals surface area contributed by atoms with Crippen LogP contribution in [0, 0.1) is 17.8 Å². The number of aliphatic carboxylic acids is 3. The van der Waals surface area contributed by atoms with Crippen molar-refractivity contribution in [3.05, 3.63) is 120 Å². The number of nitrogens with zero attached hydrogens (tertiary/aromatic N) is 5. The Balaban J connectivity index is 0.0000232. The van der Waals surface area contributed by atoms with Gasteiger partial charge in [0, 0.05) is 145 Å². The summed E-state index contributed by atoms with van der Waals surface area (Å²) in [6.07, 6.45) is 4.99. The zero-order valence-electron chi connectivity index (χ0n) is 65.5. The molecule has 36 nitrogen and oxygen atoms in total. The molecule has 6 atom stereocenters. The number of carbonyl (C=O) groups excluding carboxylic acids is 14. The third-order valence-electron chi connectivity index (χ3n) is 18.4. The van der Waals surface area contributed by atoms with E-state index in [1.165, 1.54) is 24.3 Å². The average molecular weight is 1680 g/mol. The number of nitrogens with two attached hydrogens (primary N) is 1. The second kappa shape index (κ2) is 48.7. The molecule has 1 aliphatic rings. The first-order valence-corrected chi connectivity index (χ1v) is 37.7. The number of aromatic nitrogens is 3. The summed E-state index contributed by atoms with van der Waals surface area (Å²) in [5.74, 6) is -12.2. The summed E-state index contributed by atoms with van der Waals surface area (Å²) in [5, 5.41) is 62.3. The Hall–Kier alpha value is -10.3. The zero-order chi connectivity index (χ0) is 82.7. The van der Waals surface area contributed by atoms with Crippen molar-refractivity contribution in [3.63, 3.8) is 0 Å². The van der Waals surface area contributed by atoms with Gasteiger partial charge in [-0.2, -0.15) is 0 Å². The predicted octanol–water partition coefficient (Wildman–Crippen LogP) is -5.18. The minimum atomic E-state index is -1.58. The number of nitrogens with one attached hydrogen (secondary N) is 12. The number of hydrogen-bond donors (Lipinski definition) is 13. The number of ether oxygens (including phenoxy) is 1. The van der Waals surface area contributed by atoms with Crippen molar-refractivity contribution in [3.8, 4) is 0 Å². The number of hydrogen-bond acceptors (Lipinski definition) is 23. The first-order chi connectivity index (χ1) is 53.7. The Kier molecular flexibility index (Phi) is 40.2. The van der Waals surface area contributed by atoms with Crippen LogP contribution in [0.5, 0.6) is 0 Å². The van der Waals surface area contributed by atoms with Crippen LogP contribution in [0.15, 0.2) is 97.6 Å². The standard InChI is InChI=1S/C77H110N18O18.In/c1-47(2)31-55(32-48(3)4)86-75(110)62(35-56-38-79-46-83-56)87-64(97)39-82-77(112)71(49(5)6)91-72(107)50(7)84-74(109)61(34-53-37-80-58-16-12-11-15-57(53)58)90-73(108)59(21-22-63(78)96)89-76(111)60(33-51-13-9-8-10-14-51)88-67(100)45-113-44-66(99)85-54-19-17-52(18-20-54)36-81-65(98)40-92-23-25-93(41-68(101)102)27-29-95(43-70(105)106)30-28-94(26-24-92)42-69(103)104;/h8-20,37-38,46-50,55,59-62,71,80H,21-36,39-45H2,1-7H3,(H2,78,96)(H,79,83)(H,81,98)(H,82,112)(H,84,109)(H,85,99)(H,86,110)(H,87,97)(H,88,100)(H,89,111)(H,90,108)(H,91,107)(H,101,102)(H,103,104)(H,105,106);/q;+3/p-3/t50-,59-,60+,61-,62-,71-;/m0./s1/i;1-4. The van der Waals surface area contributed by atoms with Gasteiger partial charge in [0.25, 0.3) is 0 Å². The van der Waals surface area contributed by atoms with Crippen molar-refractivity contribution in [1.82, 2.24) is 82.4 Å². The van der Waals surface area contributed by atoms with Crippen molar-refractivity contribution < 1.29 is 87.2 Å². The van der Waals surface area contributed by atoms with Crippen LogP contribution in [0.2, 0.25) is 0 Å². The fourth-order valence-corrected chi connectivity index (χ4v) is 12.7. The van der Waals surface area contributed by atoms with Gasteiger partial charge >= 0.3 is 25.8 Å². The third-order valence-corrected chi connectivity index (χ3v) is 18.4. The van der Waals surface area contributed by atoms with Gasteiger partial charge in [-0.15, -0.1) is 0 Å². The summed E-state index contributed by atoms with van der Waals surface area (Å²) in [7, 11) is 0. The molecule has 3 heterocycles. The molecular weight excluding hydrogens is 1580 g/mol. The Morgan fingerprint density at radius 2 is 1.01 bits per heavy atom. The van der Waals surface area contributed by atoms with E-state index < -0.39 is 171 Å². The number of H-pyrrole nitrogens is 2. The number of fused-ring (bicyclic) bond motifs is 1. The van der Waals surface area contributed by atoms with Crippen molar-refractivity contribution >= 4 is 125 Å². The van der Waals surface area contributed by atoms with Crippen LogP contribution < -0.4 is 74.2 Å². The van der Waals surface area contributed by atoms with E-state index in [4.69, 9.17) is 10.5 Å². The summed E-state index contributed by atoms with van der Waals surface area (Å²) < 4.78 is 5.47. The maximum absolute atomic E-state index is 14.7. The summed E-state index contributed by atoms with van der Waals surface area (Å²) in [5.41, 5.74) is 8.94. The molecular formula is C77H107InN18O18. The van der Waals surface area contributed by atoms with E-state index in [9.17, 15) is 82.4 Å². The quantitative estimate of drug-likeness (QED) is 0.0173. The summed E-state index contributed by atoms with van der Waals surface area (Å²) in [6, 6.07) is 13.7. The van der Waals surface area contributed by atoms with Gasteiger partial charge in [0.2, 0.25) is 65.0 Å². The van der Waals surface area contributed by atoms with Gasteiger partial charge in [0.15, 0.2) is 0 Å². The topological polar surface area (TPSA) is 521 Å². The number of amides is 11. The number of anilines is 1. The van der Waals surface area contributed by atoms with Gasteiger partial charge in [0.05, 0.1) is 37.3 Å². The molecule has 1 aliphatic heterocycles. The fourth-order valence-electron chi connectivity index (χ4n) is 12.7. The Morgan fingerprint density at radius 1 is 0.500 bits per heavy atom. The van der Waals surface area contributed by atoms with Crippen LogP contribution >= 0.6 is 0 Å². The number of benzene rings is 3. The molecule has 0 unspecified atom stereocenters. The average Bonchev–Trinajstić information content (AvgIpc) is 1.66. The molecule has 0 radical (unpaired) electrons. The Labute approximate surface area is 680 Å². The van der Waals surface area contributed by atoms with Crippen LogP contribution in [-0.2, 0) is 97.7 Å². The monoisotopic (exact) mass is 1680 g/mol. The van der Waals surface area contributed by atoms with E-state index >= 15 is 0 Å². The maximum Gasteiger partial charge on any atom is 3.00 e. The van der Waals surface area contributed by atoms with Crippen molar-refractivity contribution in [2.24, 2.45) is 23.5 Å². The normalized spacial score (nSPS) is 14.9. The van der Waals surface area contributed by atoms with E-state index in [-0.39, 0.29) is 135 Å². The number of carboxylic acid groups (broad SMARTS) is 3. The van der Waals surface area contributed by atoms with Gasteiger partial charge in [-0.1, -0.05) is 102 Å². The molecule has 6 rings (SSSR count). The molecule has 1 fully saturated rings. The fraction of sp³-hybridized carbons (Fsp3) is 0.519. The van der Waals surface area contributed by atoms with Crippen LogP contribution in [0.25, 0.3) is 10.9 Å². The molecule has 2 aromatic heterocycles. The molecule has 3 aromatic carbocycles. The van der Waals surface area contributed by atoms with E-state index in [1.807, 2.05) is 0 Å². The minimum absolute atomic E-state index is 0. The van der Waals surface area contributed by atoms with Crippen LogP contribution in [0.4, 0.5) is 5.69 Å². The van der Waals surface area contributed by atoms with E-state index in [2.05, 4.69) is 95.8 Å². The Morgan fingerprint density at radius 3 is 1.56 bits per heavy atom. The molecule has 11 amide bonds. The number of carbonyl (C=O) groups is 14. The minimum Gasteiger partial charge on any atom is -0.549 e. The van der Waals surface area contributed by atoms with E-state index in [1.54, 1.807) is 114 Å². The summed E-state index contributed by atoms with van der Waals surface area (Å²) in [6.45, 7) is 10.7. The van der Waals surface area contributed by atoms with Crippen molar-refractivity contribution in [1.29, 1.82) is 0 Å². The summed E-state index contributed by atoms with van der Waals surface area (Å²) >= 11 is 0. The number of para-hydroxylation sites is 1. The summed E-state index contributed by atoms with van der Waals surface area (Å²) in [4.78, 5) is 202. The Bertz CT molecular complexity index is 3960. The molecule has 0 aliphatic carbocycles. The number of primary amides is 1. The van der Waals surface area contributed by atoms with E-state index in [0.717, 1.165) is 0 Å². The molecule has 0 spiro atoms. The second-order valence-corrected chi connectivity index (χ2v) is 29.3. The van der Waals surface area contributed by atoms with Crippen molar-refractivity contribution in [2.45, 2.75) is 142 Å². The molecule has 37 heteroatoms. The van der Waals surface area contributed by atoms with Crippen LogP contribution in [-0.4, -0.2) is 284 Å². The van der Waals surface area contributed by atoms with Gasteiger partial charge in [-0.3, -0.25) is 72.3 Å². The smallest absolute Gasteiger partial charge is 0.549 e. The van der Waals surface area contributed by atoms with Gasteiger partial charge in [-0.25, -0.2) is 4.98 Å². The zero-order valence-corrected chi connectivity index (χ0v) is 68.8. The predicted molar refractivity (Wildman–Crippen MR) is 413 cm³/mol. The van der Waals surface area contributed by atoms with Gasteiger partial charge < -0.3 is 103 Å². The number of rotatable bonds is 44. The van der Waals surface area contributed by atoms with Crippen molar-refractivity contribution in [2.75, 3.05) is 104 Å². The van der Waals surface area contributed by atoms with Gasteiger partial charge in [-0.05, 0) is 78.8 Å². The first kappa shape index (κ1) is 94.3. The largest absolute Gasteiger partial charge is 3.00 e. The number of imidazole rings is 1. The van der Waals surface area contributed by atoms with Crippen LogP contribution in [0.3, 0.4) is 0 Å². The third kappa shape index (κ3) is 35.0. The van der Waals surface area contributed by atoms with E-state index in [0.29, 0.717) is 51.8 Å². The molecule has 0 saturated carbocycles. The molecule has 616 valence electrons. The SMILES string of the molecule is CC(C)CC(CC(C)C)NC(=O)[C@H](Cc1cnc[nH]1)NC(=O)CNC(=O)[C@@H](NC(=O)[C@H](C)NC(=O)[C@H](Cc1c[nH]c2ccccc12)NC(=O)[C@H](CCC(N)=O)NC(=O)[C@@H](Cc1ccccc1)NC(=O)COCC(=O)Nc1ccc(CNC(=O)CN2CCN(CC(=O)[O-])CCN(CC(=O)[O-])CCN(CC(=O)[O-])CC2)cc1)C(C)C.[111In+3]. The molecule has 5 aromatic rings.